The molecule has 0 aliphatic carbocycles. The molecule has 1 aliphatic heterocycles. The third-order valence-corrected chi connectivity index (χ3v) is 4.39. The highest BCUT2D eigenvalue weighted by atomic mass is 32.2. The van der Waals surface area contributed by atoms with Crippen LogP contribution in [0.2, 0.25) is 0 Å². The molecule has 1 fully saturated rings. The quantitative estimate of drug-likeness (QED) is 0.863. The molecule has 0 spiro atoms. The zero-order valence-corrected chi connectivity index (χ0v) is 11.7. The average Bonchev–Trinajstić information content (AvgIpc) is 2.56. The van der Waals surface area contributed by atoms with Crippen LogP contribution in [0.5, 0.6) is 0 Å². The maximum Gasteiger partial charge on any atom is 0.269 e. The van der Waals surface area contributed by atoms with Gasteiger partial charge in [-0.15, -0.1) is 0 Å². The summed E-state index contributed by atoms with van der Waals surface area (Å²) in [5.41, 5.74) is 1.03. The fraction of sp³-hybridized carbons (Fsp3) is 0.286. The molecule has 104 valence electrons. The van der Waals surface area contributed by atoms with Gasteiger partial charge >= 0.3 is 0 Å². The van der Waals surface area contributed by atoms with Crippen molar-refractivity contribution in [1.29, 1.82) is 0 Å². The summed E-state index contributed by atoms with van der Waals surface area (Å²) in [4.78, 5) is 0.720. The molecule has 1 saturated heterocycles. The summed E-state index contributed by atoms with van der Waals surface area (Å²) in [6, 6.07) is 11.1. The number of hydrogen-bond donors (Lipinski definition) is 1. The zero-order chi connectivity index (χ0) is 13.8. The van der Waals surface area contributed by atoms with E-state index in [1.54, 1.807) is 18.3 Å². The smallest absolute Gasteiger partial charge is 0.269 e. The van der Waals surface area contributed by atoms with Crippen molar-refractivity contribution in [2.45, 2.75) is 16.0 Å². The summed E-state index contributed by atoms with van der Waals surface area (Å²) in [6.07, 6.45) is 1.58. The van der Waals surface area contributed by atoms with Crippen molar-refractivity contribution in [3.8, 4) is 0 Å². The second kappa shape index (κ2) is 6.32. The lowest BCUT2D eigenvalue weighted by Gasteiger charge is -2.24. The summed E-state index contributed by atoms with van der Waals surface area (Å²) in [7, 11) is 0. The van der Waals surface area contributed by atoms with Crippen molar-refractivity contribution in [2.24, 2.45) is 0 Å². The SMILES string of the molecule is [O-][S+](c1cccc([C@@H]2CNCCO2)c1)c1cccnn1. The van der Waals surface area contributed by atoms with Crippen molar-refractivity contribution in [3.05, 3.63) is 48.2 Å². The summed E-state index contributed by atoms with van der Waals surface area (Å²) in [6.45, 7) is 2.35. The van der Waals surface area contributed by atoms with Crippen molar-refractivity contribution in [3.63, 3.8) is 0 Å². The Morgan fingerprint density at radius 2 is 2.25 bits per heavy atom. The summed E-state index contributed by atoms with van der Waals surface area (Å²) >= 11 is -1.31. The Hall–Kier alpha value is -1.47. The molecule has 3 rings (SSSR count). The molecule has 5 nitrogen and oxygen atoms in total. The van der Waals surface area contributed by atoms with Gasteiger partial charge < -0.3 is 14.6 Å². The Morgan fingerprint density at radius 3 is 3.00 bits per heavy atom. The van der Waals surface area contributed by atoms with E-state index in [0.29, 0.717) is 11.6 Å². The minimum Gasteiger partial charge on any atom is -0.605 e. The average molecular weight is 289 g/mol. The molecule has 1 aromatic heterocycles. The number of nitrogens with one attached hydrogen (secondary N) is 1. The van der Waals surface area contributed by atoms with E-state index >= 15 is 0 Å². The largest absolute Gasteiger partial charge is 0.605 e. The fourth-order valence-electron chi connectivity index (χ4n) is 2.12. The molecule has 0 bridgehead atoms. The first kappa shape index (κ1) is 13.5. The van der Waals surface area contributed by atoms with Gasteiger partial charge in [0, 0.05) is 36.5 Å². The lowest BCUT2D eigenvalue weighted by atomic mass is 10.1. The standard InChI is InChI=1S/C14H15N3O2S/c18-20(14-5-2-6-16-17-14)12-4-1-3-11(9-12)13-10-15-7-8-19-13/h1-6,9,13,15H,7-8,10H2/t13-,20?/m0/s1. The molecule has 2 heterocycles. The molecular formula is C14H15N3O2S. The Morgan fingerprint density at radius 1 is 1.30 bits per heavy atom. The number of ether oxygens (including phenoxy) is 1. The highest BCUT2D eigenvalue weighted by Crippen LogP contribution is 2.24. The predicted octanol–water partition coefficient (Wildman–Crippen LogP) is 1.30. The van der Waals surface area contributed by atoms with Crippen LogP contribution in [0.15, 0.2) is 52.5 Å². The molecule has 6 heteroatoms. The zero-order valence-electron chi connectivity index (χ0n) is 10.9. The molecule has 0 radical (unpaired) electrons. The van der Waals surface area contributed by atoms with Crippen molar-refractivity contribution in [1.82, 2.24) is 15.5 Å². The summed E-state index contributed by atoms with van der Waals surface area (Å²) < 4.78 is 18.1. The molecule has 1 N–H and O–H groups in total. The van der Waals surface area contributed by atoms with Gasteiger partial charge in [-0.1, -0.05) is 17.2 Å². The van der Waals surface area contributed by atoms with Crippen LogP contribution in [0.25, 0.3) is 0 Å². The van der Waals surface area contributed by atoms with Crippen LogP contribution in [0.4, 0.5) is 0 Å². The summed E-state index contributed by atoms with van der Waals surface area (Å²) in [5, 5.41) is 11.4. The van der Waals surface area contributed by atoms with Gasteiger partial charge in [0.15, 0.2) is 4.90 Å². The van der Waals surface area contributed by atoms with E-state index in [1.165, 1.54) is 0 Å². The van der Waals surface area contributed by atoms with Gasteiger partial charge in [-0.2, -0.15) is 5.10 Å². The van der Waals surface area contributed by atoms with E-state index in [9.17, 15) is 4.55 Å². The van der Waals surface area contributed by atoms with Crippen molar-refractivity contribution in [2.75, 3.05) is 19.7 Å². The molecule has 1 aromatic carbocycles. The molecule has 1 aliphatic rings. The molecule has 2 aromatic rings. The highest BCUT2D eigenvalue weighted by Gasteiger charge is 2.20. The van der Waals surface area contributed by atoms with Gasteiger partial charge in [-0.05, 0) is 23.8 Å². The van der Waals surface area contributed by atoms with E-state index < -0.39 is 11.2 Å². The Labute approximate surface area is 120 Å². The molecule has 0 amide bonds. The predicted molar refractivity (Wildman–Crippen MR) is 74.7 cm³/mol. The maximum atomic E-state index is 12.4. The normalized spacial score (nSPS) is 20.6. The number of aromatic nitrogens is 2. The van der Waals surface area contributed by atoms with Crippen LogP contribution in [-0.2, 0) is 15.9 Å². The molecule has 20 heavy (non-hydrogen) atoms. The van der Waals surface area contributed by atoms with Crippen LogP contribution < -0.4 is 5.32 Å². The van der Waals surface area contributed by atoms with Gasteiger partial charge in [0.25, 0.3) is 5.03 Å². The Bertz CT molecular complexity index is 561. The van der Waals surface area contributed by atoms with Crippen molar-refractivity contribution >= 4 is 11.2 Å². The Kier molecular flexibility index (Phi) is 4.27. The summed E-state index contributed by atoms with van der Waals surface area (Å²) in [5.74, 6) is 0. The van der Waals surface area contributed by atoms with Crippen LogP contribution in [0.1, 0.15) is 11.7 Å². The van der Waals surface area contributed by atoms with Gasteiger partial charge in [0.1, 0.15) is 0 Å². The van der Waals surface area contributed by atoms with E-state index in [1.807, 2.05) is 24.3 Å². The second-order valence-corrected chi connectivity index (χ2v) is 5.89. The third kappa shape index (κ3) is 2.99. The number of morpholine rings is 1. The number of hydrogen-bond acceptors (Lipinski definition) is 5. The third-order valence-electron chi connectivity index (χ3n) is 3.11. The maximum absolute atomic E-state index is 12.4. The van der Waals surface area contributed by atoms with E-state index in [4.69, 9.17) is 4.74 Å². The highest BCUT2D eigenvalue weighted by molar-refractivity contribution is 7.91. The van der Waals surface area contributed by atoms with Gasteiger partial charge in [0.2, 0.25) is 0 Å². The number of nitrogens with zero attached hydrogens (tertiary/aromatic N) is 2. The molecule has 0 saturated carbocycles. The first-order valence-corrected chi connectivity index (χ1v) is 7.61. The lowest BCUT2D eigenvalue weighted by molar-refractivity contribution is 0.0276. The topological polar surface area (TPSA) is 70.1 Å². The first-order valence-electron chi connectivity index (χ1n) is 6.46. The van der Waals surface area contributed by atoms with E-state index in [2.05, 4.69) is 15.5 Å². The Balaban J connectivity index is 1.83. The van der Waals surface area contributed by atoms with Gasteiger partial charge in [-0.25, -0.2) is 0 Å². The fourth-order valence-corrected chi connectivity index (χ4v) is 3.13. The number of rotatable bonds is 3. The second-order valence-electron chi connectivity index (χ2n) is 4.47. The van der Waals surface area contributed by atoms with Crippen molar-refractivity contribution < 1.29 is 9.29 Å². The van der Waals surface area contributed by atoms with Crippen LogP contribution in [0, 0.1) is 0 Å². The molecule has 1 unspecified atom stereocenters. The monoisotopic (exact) mass is 289 g/mol. The first-order chi connectivity index (χ1) is 9.84. The van der Waals surface area contributed by atoms with Gasteiger partial charge in [-0.3, -0.25) is 0 Å². The molecular weight excluding hydrogens is 274 g/mol. The number of benzene rings is 1. The van der Waals surface area contributed by atoms with E-state index in [-0.39, 0.29) is 6.10 Å². The minimum absolute atomic E-state index is 0.0163. The van der Waals surface area contributed by atoms with E-state index in [0.717, 1.165) is 23.5 Å². The molecule has 2 atom stereocenters. The lowest BCUT2D eigenvalue weighted by Crippen LogP contribution is -2.33. The van der Waals surface area contributed by atoms with Gasteiger partial charge in [0.05, 0.1) is 12.7 Å². The van der Waals surface area contributed by atoms with Crippen LogP contribution in [-0.4, -0.2) is 34.4 Å². The minimum atomic E-state index is -1.31. The van der Waals surface area contributed by atoms with Crippen LogP contribution >= 0.6 is 0 Å². The van der Waals surface area contributed by atoms with Crippen LogP contribution in [0.3, 0.4) is 0 Å².